The first kappa shape index (κ1) is 37.6. The van der Waals surface area contributed by atoms with Crippen molar-refractivity contribution in [3.05, 3.63) is 99.0 Å². The highest BCUT2D eigenvalue weighted by Gasteiger charge is 2.49. The molecule has 50 heavy (non-hydrogen) atoms. The Balaban J connectivity index is 1.41. The molecule has 3 aromatic rings. The minimum Gasteiger partial charge on any atom is -0.494 e. The molecule has 0 bridgehead atoms. The number of hydroxylamine groups is 1. The third-order valence-electron chi connectivity index (χ3n) is 8.80. The number of halogens is 2. The lowest BCUT2D eigenvalue weighted by molar-refractivity contribution is -0.143. The van der Waals surface area contributed by atoms with Crippen LogP contribution in [-0.2, 0) is 35.8 Å². The zero-order chi connectivity index (χ0) is 35.8. The molecule has 0 aromatic heterocycles. The highest BCUT2D eigenvalue weighted by Crippen LogP contribution is 2.48. The zero-order valence-electron chi connectivity index (χ0n) is 27.9. The molecular formula is C36H41Cl2N3O8S. The van der Waals surface area contributed by atoms with Crippen LogP contribution < -0.4 is 14.9 Å². The van der Waals surface area contributed by atoms with E-state index in [1.165, 1.54) is 0 Å². The van der Waals surface area contributed by atoms with Crippen LogP contribution in [0.2, 0.25) is 10.0 Å². The summed E-state index contributed by atoms with van der Waals surface area (Å²) >= 11 is 13.1. The second kappa shape index (κ2) is 17.0. The van der Waals surface area contributed by atoms with Crippen molar-refractivity contribution in [1.82, 2.24) is 15.1 Å². The number of amides is 2. The van der Waals surface area contributed by atoms with Gasteiger partial charge in [0.05, 0.1) is 38.0 Å². The summed E-state index contributed by atoms with van der Waals surface area (Å²) in [6, 6.07) is 17.0. The van der Waals surface area contributed by atoms with E-state index < -0.39 is 40.0 Å². The van der Waals surface area contributed by atoms with Crippen molar-refractivity contribution in [3.63, 3.8) is 0 Å². The summed E-state index contributed by atoms with van der Waals surface area (Å²) in [5.41, 5.74) is 4.66. The molecule has 11 nitrogen and oxygen atoms in total. The number of carbonyl (C=O) groups is 3. The zero-order valence-corrected chi connectivity index (χ0v) is 30.2. The summed E-state index contributed by atoms with van der Waals surface area (Å²) < 4.78 is 38.3. The molecule has 14 heteroatoms. The Hall–Kier alpha value is -3.68. The number of fused-ring (bicyclic) bond motifs is 1. The van der Waals surface area contributed by atoms with Crippen LogP contribution in [0.5, 0.6) is 5.75 Å². The number of sulfonamides is 1. The lowest BCUT2D eigenvalue weighted by atomic mass is 9.76. The Morgan fingerprint density at radius 3 is 2.52 bits per heavy atom. The van der Waals surface area contributed by atoms with E-state index in [0.29, 0.717) is 59.9 Å². The van der Waals surface area contributed by atoms with E-state index >= 15 is 0 Å². The van der Waals surface area contributed by atoms with E-state index in [1.54, 1.807) is 72.5 Å². The van der Waals surface area contributed by atoms with Gasteiger partial charge in [0.2, 0.25) is 10.0 Å². The lowest BCUT2D eigenvalue weighted by Gasteiger charge is -2.49. The SMILES string of the molecule is CCOC(=O)CCCOc1cccc(CONC(=O)[C@@H]2c3ccccc3C(=O)N([C@H]3CCCCC3NS(C)(=O)=O)[C@H]2c2ccc(Cl)cc2Cl)c1. The van der Waals surface area contributed by atoms with E-state index in [-0.39, 0.29) is 29.9 Å². The molecular weight excluding hydrogens is 705 g/mol. The molecule has 1 saturated carbocycles. The van der Waals surface area contributed by atoms with Crippen LogP contribution in [0.15, 0.2) is 66.7 Å². The van der Waals surface area contributed by atoms with Gasteiger partial charge in [0, 0.05) is 34.1 Å². The van der Waals surface area contributed by atoms with Gasteiger partial charge in [-0.05, 0) is 73.2 Å². The van der Waals surface area contributed by atoms with Crippen molar-refractivity contribution >= 4 is 51.0 Å². The highest BCUT2D eigenvalue weighted by molar-refractivity contribution is 7.88. The smallest absolute Gasteiger partial charge is 0.305 e. The van der Waals surface area contributed by atoms with Gasteiger partial charge in [-0.2, -0.15) is 0 Å². The molecule has 2 N–H and O–H groups in total. The summed E-state index contributed by atoms with van der Waals surface area (Å²) in [6.45, 7) is 2.43. The number of carbonyl (C=O) groups excluding carboxylic acids is 3. The summed E-state index contributed by atoms with van der Waals surface area (Å²) in [6.07, 6.45) is 4.46. The van der Waals surface area contributed by atoms with Crippen LogP contribution in [0.25, 0.3) is 0 Å². The molecule has 2 amide bonds. The molecule has 268 valence electrons. The van der Waals surface area contributed by atoms with E-state index in [0.717, 1.165) is 24.7 Å². The molecule has 0 spiro atoms. The Kier molecular flexibility index (Phi) is 12.8. The van der Waals surface area contributed by atoms with Gasteiger partial charge in [-0.25, -0.2) is 18.6 Å². The van der Waals surface area contributed by atoms with Crippen LogP contribution in [0.4, 0.5) is 0 Å². The van der Waals surface area contributed by atoms with Gasteiger partial charge in [0.1, 0.15) is 5.75 Å². The van der Waals surface area contributed by atoms with E-state index in [1.807, 2.05) is 6.07 Å². The Morgan fingerprint density at radius 1 is 0.980 bits per heavy atom. The van der Waals surface area contributed by atoms with E-state index in [4.69, 9.17) is 37.5 Å². The predicted octanol–water partition coefficient (Wildman–Crippen LogP) is 6.10. The number of nitrogens with one attached hydrogen (secondary N) is 2. The van der Waals surface area contributed by atoms with Gasteiger partial charge >= 0.3 is 5.97 Å². The fourth-order valence-electron chi connectivity index (χ4n) is 6.75. The Morgan fingerprint density at radius 2 is 1.76 bits per heavy atom. The normalized spacial score (nSPS) is 20.6. The molecule has 5 rings (SSSR count). The number of nitrogens with zero attached hydrogens (tertiary/aromatic N) is 1. The van der Waals surface area contributed by atoms with Crippen LogP contribution in [0.3, 0.4) is 0 Å². The Labute approximate surface area is 302 Å². The average molecular weight is 747 g/mol. The lowest BCUT2D eigenvalue weighted by Crippen LogP contribution is -2.59. The summed E-state index contributed by atoms with van der Waals surface area (Å²) in [7, 11) is -3.61. The third kappa shape index (κ3) is 9.35. The number of benzene rings is 3. The van der Waals surface area contributed by atoms with Gasteiger partial charge < -0.3 is 14.4 Å². The molecule has 1 aliphatic carbocycles. The summed E-state index contributed by atoms with van der Waals surface area (Å²) in [4.78, 5) is 47.7. The molecule has 1 unspecified atom stereocenters. The molecule has 0 radical (unpaired) electrons. The largest absolute Gasteiger partial charge is 0.494 e. The highest BCUT2D eigenvalue weighted by atomic mass is 35.5. The second-order valence-electron chi connectivity index (χ2n) is 12.4. The van der Waals surface area contributed by atoms with Crippen LogP contribution in [-0.4, -0.2) is 62.7 Å². The standard InChI is InChI=1S/C36H41Cl2N3O8S/c1-3-47-32(42)16-9-19-48-25-11-8-10-23(20-25)22-49-39-35(43)33-26-12-4-5-13-27(26)36(44)41(34(33)28-18-17-24(37)21-29(28)38)31-15-7-6-14-30(31)40-50(2,45)46/h4-5,8,10-13,17-18,20-21,30-31,33-34,40H,3,6-7,9,14-16,19,22H2,1-2H3,(H,39,43)/t30?,31-,33+,34-/m0/s1. The molecule has 4 atom stereocenters. The van der Waals surface area contributed by atoms with Crippen molar-refractivity contribution < 1.29 is 37.1 Å². The predicted molar refractivity (Wildman–Crippen MR) is 189 cm³/mol. The number of esters is 1. The third-order valence-corrected chi connectivity index (χ3v) is 10.1. The molecule has 1 fully saturated rings. The first-order valence-corrected chi connectivity index (χ1v) is 19.2. The monoisotopic (exact) mass is 745 g/mol. The quantitative estimate of drug-likeness (QED) is 0.115. The van der Waals surface area contributed by atoms with Gasteiger partial charge in [0.25, 0.3) is 11.8 Å². The van der Waals surface area contributed by atoms with Gasteiger partial charge in [0.15, 0.2) is 0 Å². The number of hydrogen-bond acceptors (Lipinski definition) is 8. The van der Waals surface area contributed by atoms with E-state index in [9.17, 15) is 22.8 Å². The topological polar surface area (TPSA) is 140 Å². The number of hydrogen-bond donors (Lipinski definition) is 2. The van der Waals surface area contributed by atoms with Crippen molar-refractivity contribution in [2.75, 3.05) is 19.5 Å². The minimum atomic E-state index is -3.61. The molecule has 2 aliphatic rings. The maximum absolute atomic E-state index is 14.4. The second-order valence-corrected chi connectivity index (χ2v) is 15.0. The molecule has 0 saturated heterocycles. The summed E-state index contributed by atoms with van der Waals surface area (Å²) in [5.74, 6) is -1.50. The van der Waals surface area contributed by atoms with Gasteiger partial charge in [-0.15, -0.1) is 0 Å². The maximum Gasteiger partial charge on any atom is 0.305 e. The van der Waals surface area contributed by atoms with Gasteiger partial charge in [-0.3, -0.25) is 19.2 Å². The Bertz CT molecular complexity index is 1810. The van der Waals surface area contributed by atoms with Crippen LogP contribution in [0.1, 0.15) is 84.5 Å². The summed E-state index contributed by atoms with van der Waals surface area (Å²) in [5, 5.41) is 0.651. The number of rotatable bonds is 14. The first-order chi connectivity index (χ1) is 24.0. The van der Waals surface area contributed by atoms with Gasteiger partial charge in [-0.1, -0.05) is 72.4 Å². The molecule has 1 aliphatic heterocycles. The van der Waals surface area contributed by atoms with Crippen molar-refractivity contribution in [3.8, 4) is 5.75 Å². The van der Waals surface area contributed by atoms with Crippen molar-refractivity contribution in [2.45, 2.75) is 76.1 Å². The molecule has 3 aromatic carbocycles. The van der Waals surface area contributed by atoms with E-state index in [2.05, 4.69) is 10.2 Å². The minimum absolute atomic E-state index is 0.0120. The van der Waals surface area contributed by atoms with Crippen molar-refractivity contribution in [1.29, 1.82) is 0 Å². The van der Waals surface area contributed by atoms with Crippen LogP contribution in [0, 0.1) is 0 Å². The average Bonchev–Trinajstić information content (AvgIpc) is 3.07. The number of ether oxygens (including phenoxy) is 2. The van der Waals surface area contributed by atoms with Crippen LogP contribution >= 0.6 is 23.2 Å². The molecule has 1 heterocycles. The fraction of sp³-hybridized carbons (Fsp3) is 0.417. The first-order valence-electron chi connectivity index (χ1n) is 16.6. The van der Waals surface area contributed by atoms with Crippen molar-refractivity contribution in [2.24, 2.45) is 0 Å². The maximum atomic E-state index is 14.4. The fourth-order valence-corrected chi connectivity index (χ4v) is 8.09.